The number of anilines is 1. The fourth-order valence-corrected chi connectivity index (χ4v) is 2.67. The van der Waals surface area contributed by atoms with Gasteiger partial charge in [-0.25, -0.2) is 8.78 Å². The Hall–Kier alpha value is -2.01. The van der Waals surface area contributed by atoms with Gasteiger partial charge in [0.1, 0.15) is 11.6 Å². The smallest absolute Gasteiger partial charge is 0.171 e. The van der Waals surface area contributed by atoms with Crippen LogP contribution < -0.4 is 10.6 Å². The standard InChI is InChI=1S/C18H20F2N2S/c1-11(2)17(14-7-5-4-6-12(14)3)22-18(23)21-16-9-8-13(19)10-15(16)20/h4-11,17H,1-3H3,(H2,21,22,23)/t17-/m1/s1. The van der Waals surface area contributed by atoms with Gasteiger partial charge in [-0.2, -0.15) is 0 Å². The largest absolute Gasteiger partial charge is 0.355 e. The van der Waals surface area contributed by atoms with Gasteiger partial charge in [0.2, 0.25) is 0 Å². The van der Waals surface area contributed by atoms with Crippen molar-refractivity contribution in [2.75, 3.05) is 5.32 Å². The average molecular weight is 334 g/mol. The SMILES string of the molecule is Cc1ccccc1[C@H](NC(=S)Nc1ccc(F)cc1F)C(C)C. The first-order valence-corrected chi connectivity index (χ1v) is 7.87. The molecule has 0 amide bonds. The van der Waals surface area contributed by atoms with Gasteiger partial charge in [-0.15, -0.1) is 0 Å². The van der Waals surface area contributed by atoms with Crippen LogP contribution in [-0.4, -0.2) is 5.11 Å². The van der Waals surface area contributed by atoms with Crippen molar-refractivity contribution in [1.29, 1.82) is 0 Å². The summed E-state index contributed by atoms with van der Waals surface area (Å²) in [5.74, 6) is -1.01. The minimum atomic E-state index is -0.675. The zero-order valence-corrected chi connectivity index (χ0v) is 14.2. The fraction of sp³-hybridized carbons (Fsp3) is 0.278. The van der Waals surface area contributed by atoms with E-state index in [1.165, 1.54) is 12.1 Å². The van der Waals surface area contributed by atoms with Gasteiger partial charge in [-0.3, -0.25) is 0 Å². The number of halogens is 2. The fourth-order valence-electron chi connectivity index (χ4n) is 2.43. The van der Waals surface area contributed by atoms with Gasteiger partial charge in [0.05, 0.1) is 11.7 Å². The van der Waals surface area contributed by atoms with Gasteiger partial charge >= 0.3 is 0 Å². The van der Waals surface area contributed by atoms with E-state index in [0.717, 1.165) is 17.2 Å². The lowest BCUT2D eigenvalue weighted by molar-refractivity contribution is 0.471. The Balaban J connectivity index is 2.14. The molecule has 0 aliphatic carbocycles. The lowest BCUT2D eigenvalue weighted by atomic mass is 9.93. The summed E-state index contributed by atoms with van der Waals surface area (Å²) in [6, 6.07) is 11.4. The predicted octanol–water partition coefficient (Wildman–Crippen LogP) is 4.96. The van der Waals surface area contributed by atoms with Crippen LogP contribution in [0.5, 0.6) is 0 Å². The first-order valence-electron chi connectivity index (χ1n) is 7.46. The van der Waals surface area contributed by atoms with Crippen molar-refractivity contribution >= 4 is 23.0 Å². The number of thiocarbonyl (C=S) groups is 1. The van der Waals surface area contributed by atoms with Crippen molar-refractivity contribution in [3.05, 3.63) is 65.2 Å². The third-order valence-corrected chi connectivity index (χ3v) is 3.88. The zero-order valence-electron chi connectivity index (χ0n) is 13.4. The number of nitrogens with one attached hydrogen (secondary N) is 2. The van der Waals surface area contributed by atoms with Gasteiger partial charge in [0.25, 0.3) is 0 Å². The zero-order chi connectivity index (χ0) is 17.0. The molecule has 0 aliphatic rings. The van der Waals surface area contributed by atoms with Crippen LogP contribution in [0.4, 0.5) is 14.5 Å². The van der Waals surface area contributed by atoms with E-state index >= 15 is 0 Å². The maximum absolute atomic E-state index is 13.7. The Labute approximate surface area is 140 Å². The minimum absolute atomic E-state index is 0.000269. The van der Waals surface area contributed by atoms with E-state index in [0.29, 0.717) is 5.11 Å². The molecule has 0 spiro atoms. The molecule has 23 heavy (non-hydrogen) atoms. The van der Waals surface area contributed by atoms with E-state index in [1.54, 1.807) is 0 Å². The number of hydrogen-bond acceptors (Lipinski definition) is 1. The van der Waals surface area contributed by atoms with E-state index in [9.17, 15) is 8.78 Å². The molecule has 0 saturated carbocycles. The van der Waals surface area contributed by atoms with Crippen LogP contribution in [0.2, 0.25) is 0 Å². The van der Waals surface area contributed by atoms with Crippen LogP contribution in [0.1, 0.15) is 31.0 Å². The molecule has 0 aliphatic heterocycles. The molecule has 2 nitrogen and oxygen atoms in total. The number of aryl methyl sites for hydroxylation is 1. The Kier molecular flexibility index (Phi) is 5.66. The first-order chi connectivity index (χ1) is 10.9. The van der Waals surface area contributed by atoms with Crippen molar-refractivity contribution in [3.8, 4) is 0 Å². The number of benzene rings is 2. The molecule has 2 aromatic rings. The highest BCUT2D eigenvalue weighted by Gasteiger charge is 2.18. The lowest BCUT2D eigenvalue weighted by Crippen LogP contribution is -2.35. The summed E-state index contributed by atoms with van der Waals surface area (Å²) < 4.78 is 26.7. The summed E-state index contributed by atoms with van der Waals surface area (Å²) in [5.41, 5.74) is 2.46. The number of rotatable bonds is 4. The van der Waals surface area contributed by atoms with E-state index in [2.05, 4.69) is 24.5 Å². The topological polar surface area (TPSA) is 24.1 Å². The molecule has 0 saturated heterocycles. The molecule has 0 radical (unpaired) electrons. The molecular weight excluding hydrogens is 314 g/mol. The molecule has 122 valence electrons. The number of hydrogen-bond donors (Lipinski definition) is 2. The van der Waals surface area contributed by atoms with Gasteiger partial charge in [0.15, 0.2) is 5.11 Å². The lowest BCUT2D eigenvalue weighted by Gasteiger charge is -2.26. The van der Waals surface area contributed by atoms with Crippen LogP contribution in [0, 0.1) is 24.5 Å². The highest BCUT2D eigenvalue weighted by atomic mass is 32.1. The van der Waals surface area contributed by atoms with Crippen LogP contribution in [0.25, 0.3) is 0 Å². The van der Waals surface area contributed by atoms with Crippen molar-refractivity contribution in [1.82, 2.24) is 5.32 Å². The molecule has 2 rings (SSSR count). The highest BCUT2D eigenvalue weighted by molar-refractivity contribution is 7.80. The molecule has 5 heteroatoms. The van der Waals surface area contributed by atoms with Crippen LogP contribution in [0.15, 0.2) is 42.5 Å². The molecule has 1 atom stereocenters. The Morgan fingerprint density at radius 2 is 1.78 bits per heavy atom. The quantitative estimate of drug-likeness (QED) is 0.773. The second kappa shape index (κ2) is 7.51. The summed E-state index contributed by atoms with van der Waals surface area (Å²) >= 11 is 5.28. The van der Waals surface area contributed by atoms with Crippen LogP contribution >= 0.6 is 12.2 Å². The van der Waals surface area contributed by atoms with E-state index < -0.39 is 11.6 Å². The molecule has 0 unspecified atom stereocenters. The summed E-state index contributed by atoms with van der Waals surface area (Å²) in [6.45, 7) is 6.22. The van der Waals surface area contributed by atoms with Gasteiger partial charge in [-0.05, 0) is 48.3 Å². The third kappa shape index (κ3) is 4.48. The normalized spacial score (nSPS) is 12.1. The minimum Gasteiger partial charge on any atom is -0.355 e. The van der Waals surface area contributed by atoms with Crippen LogP contribution in [0.3, 0.4) is 0 Å². The maximum atomic E-state index is 13.7. The highest BCUT2D eigenvalue weighted by Crippen LogP contribution is 2.25. The Bertz CT molecular complexity index is 701. The molecule has 0 bridgehead atoms. The van der Waals surface area contributed by atoms with Crippen molar-refractivity contribution < 1.29 is 8.78 Å². The predicted molar refractivity (Wildman–Crippen MR) is 94.5 cm³/mol. The van der Waals surface area contributed by atoms with Crippen LogP contribution in [-0.2, 0) is 0 Å². The molecule has 2 N–H and O–H groups in total. The first kappa shape index (κ1) is 17.3. The van der Waals surface area contributed by atoms with E-state index in [1.807, 2.05) is 31.2 Å². The van der Waals surface area contributed by atoms with Gasteiger partial charge < -0.3 is 10.6 Å². The second-order valence-corrected chi connectivity index (χ2v) is 6.21. The monoisotopic (exact) mass is 334 g/mol. The van der Waals surface area contributed by atoms with Crippen molar-refractivity contribution in [2.24, 2.45) is 5.92 Å². The van der Waals surface area contributed by atoms with E-state index in [4.69, 9.17) is 12.2 Å². The van der Waals surface area contributed by atoms with Crippen molar-refractivity contribution in [2.45, 2.75) is 26.8 Å². The second-order valence-electron chi connectivity index (χ2n) is 5.80. The van der Waals surface area contributed by atoms with Gasteiger partial charge in [-0.1, -0.05) is 38.1 Å². The maximum Gasteiger partial charge on any atom is 0.171 e. The molecule has 0 heterocycles. The summed E-state index contributed by atoms with van der Waals surface area (Å²) in [4.78, 5) is 0. The summed E-state index contributed by atoms with van der Waals surface area (Å²) in [7, 11) is 0. The van der Waals surface area contributed by atoms with Gasteiger partial charge in [0, 0.05) is 6.07 Å². The Morgan fingerprint density at radius 3 is 2.39 bits per heavy atom. The van der Waals surface area contributed by atoms with E-state index in [-0.39, 0.29) is 17.6 Å². The third-order valence-electron chi connectivity index (χ3n) is 3.66. The average Bonchev–Trinajstić information content (AvgIpc) is 2.48. The molecule has 0 aromatic heterocycles. The molecule has 2 aromatic carbocycles. The molecule has 0 fully saturated rings. The van der Waals surface area contributed by atoms with Crippen molar-refractivity contribution in [3.63, 3.8) is 0 Å². The Morgan fingerprint density at radius 1 is 1.09 bits per heavy atom. The summed E-state index contributed by atoms with van der Waals surface area (Å²) in [5, 5.41) is 6.32. The summed E-state index contributed by atoms with van der Waals surface area (Å²) in [6.07, 6.45) is 0. The molecular formula is C18H20F2N2S.